The van der Waals surface area contributed by atoms with Crippen LogP contribution in [0.2, 0.25) is 0 Å². The molecule has 0 saturated heterocycles. The van der Waals surface area contributed by atoms with Crippen LogP contribution in [0.4, 0.5) is 0 Å². The Morgan fingerprint density at radius 2 is 2.00 bits per heavy atom. The average molecular weight is 377 g/mol. The van der Waals surface area contributed by atoms with Gasteiger partial charge in [0.1, 0.15) is 4.21 Å². The van der Waals surface area contributed by atoms with E-state index in [2.05, 4.69) is 5.32 Å². The third-order valence-corrected chi connectivity index (χ3v) is 6.70. The number of carboxylic acid groups (broad SMARTS) is 1. The van der Waals surface area contributed by atoms with Crippen LogP contribution in [-0.2, 0) is 26.0 Å². The van der Waals surface area contributed by atoms with Gasteiger partial charge in [0.25, 0.3) is 10.0 Å². The van der Waals surface area contributed by atoms with E-state index in [4.69, 9.17) is 5.11 Å². The van der Waals surface area contributed by atoms with E-state index in [0.29, 0.717) is 25.3 Å². The van der Waals surface area contributed by atoms with E-state index in [-0.39, 0.29) is 23.1 Å². The third kappa shape index (κ3) is 6.58. The summed E-state index contributed by atoms with van der Waals surface area (Å²) in [7, 11) is -2.31. The van der Waals surface area contributed by atoms with Crippen LogP contribution in [0.5, 0.6) is 0 Å². The van der Waals surface area contributed by atoms with E-state index < -0.39 is 16.0 Å². The van der Waals surface area contributed by atoms with Crippen molar-refractivity contribution in [2.45, 2.75) is 37.3 Å². The smallest absolute Gasteiger partial charge is 0.304 e. The normalized spacial score (nSPS) is 11.9. The molecule has 0 aliphatic rings. The second-order valence-corrected chi connectivity index (χ2v) is 9.33. The zero-order chi connectivity index (χ0) is 18.3. The molecule has 1 aromatic rings. The fourth-order valence-corrected chi connectivity index (χ4v) is 4.66. The van der Waals surface area contributed by atoms with E-state index in [1.54, 1.807) is 6.07 Å². The zero-order valence-corrected chi connectivity index (χ0v) is 15.7. The van der Waals surface area contributed by atoms with Crippen LogP contribution in [0, 0.1) is 5.92 Å². The summed E-state index contributed by atoms with van der Waals surface area (Å²) in [6, 6.07) is 3.24. The highest BCUT2D eigenvalue weighted by atomic mass is 32.2. The Morgan fingerprint density at radius 3 is 2.58 bits per heavy atom. The highest BCUT2D eigenvalue weighted by Gasteiger charge is 2.23. The van der Waals surface area contributed by atoms with Gasteiger partial charge in [0.15, 0.2) is 0 Å². The van der Waals surface area contributed by atoms with Crippen molar-refractivity contribution in [2.75, 3.05) is 20.1 Å². The molecule has 0 bridgehead atoms. The Bertz CT molecular complexity index is 667. The number of carbonyl (C=O) groups excluding carboxylic acids is 1. The van der Waals surface area contributed by atoms with Gasteiger partial charge in [0.05, 0.1) is 6.42 Å². The summed E-state index contributed by atoms with van der Waals surface area (Å²) in [5.74, 6) is -0.756. The topological polar surface area (TPSA) is 104 Å². The largest absolute Gasteiger partial charge is 0.481 e. The summed E-state index contributed by atoms with van der Waals surface area (Å²) in [4.78, 5) is 23.0. The van der Waals surface area contributed by atoms with Gasteiger partial charge < -0.3 is 10.4 Å². The van der Waals surface area contributed by atoms with Gasteiger partial charge in [-0.2, -0.15) is 4.31 Å². The molecule has 0 spiro atoms. The van der Waals surface area contributed by atoms with Gasteiger partial charge in [0.2, 0.25) is 5.91 Å². The molecule has 1 amide bonds. The van der Waals surface area contributed by atoms with Crippen LogP contribution in [0.25, 0.3) is 0 Å². The van der Waals surface area contributed by atoms with Gasteiger partial charge >= 0.3 is 5.97 Å². The minimum absolute atomic E-state index is 0.0113. The zero-order valence-electron chi connectivity index (χ0n) is 14.1. The lowest BCUT2D eigenvalue weighted by Gasteiger charge is -2.14. The Kier molecular flexibility index (Phi) is 7.85. The standard InChI is InChI=1S/C15H24N2O5S2/c1-11(2)10-13(18)16-8-6-12-4-5-15(23-12)24(21,22)17(3)9-7-14(19)20/h4-5,11H,6-10H2,1-3H3,(H,16,18)(H,19,20). The van der Waals surface area contributed by atoms with Crippen LogP contribution in [0.15, 0.2) is 16.3 Å². The number of thiophene rings is 1. The summed E-state index contributed by atoms with van der Waals surface area (Å²) in [5, 5.41) is 11.5. The Labute approximate surface area is 146 Å². The molecule has 0 radical (unpaired) electrons. The molecule has 0 fully saturated rings. The number of hydrogen-bond donors (Lipinski definition) is 2. The maximum atomic E-state index is 12.3. The molecular formula is C15H24N2O5S2. The molecule has 2 N–H and O–H groups in total. The Morgan fingerprint density at radius 1 is 1.33 bits per heavy atom. The number of sulfonamides is 1. The fraction of sp³-hybridized carbons (Fsp3) is 0.600. The second kappa shape index (κ2) is 9.14. The maximum Gasteiger partial charge on any atom is 0.304 e. The lowest BCUT2D eigenvalue weighted by Crippen LogP contribution is -2.28. The Hall–Kier alpha value is -1.45. The quantitative estimate of drug-likeness (QED) is 0.645. The van der Waals surface area contributed by atoms with Gasteiger partial charge in [-0.15, -0.1) is 11.3 Å². The summed E-state index contributed by atoms with van der Waals surface area (Å²) in [6.07, 6.45) is 0.789. The molecule has 9 heteroatoms. The second-order valence-electron chi connectivity index (χ2n) is 5.89. The summed E-state index contributed by atoms with van der Waals surface area (Å²) in [6.45, 7) is 4.32. The number of aliphatic carboxylic acids is 1. The predicted molar refractivity (Wildman–Crippen MR) is 92.6 cm³/mol. The van der Waals surface area contributed by atoms with Crippen molar-refractivity contribution in [3.05, 3.63) is 17.0 Å². The van der Waals surface area contributed by atoms with Crippen molar-refractivity contribution in [1.29, 1.82) is 0 Å². The van der Waals surface area contributed by atoms with E-state index >= 15 is 0 Å². The first-order valence-electron chi connectivity index (χ1n) is 7.66. The minimum atomic E-state index is -3.67. The van der Waals surface area contributed by atoms with Crippen molar-refractivity contribution >= 4 is 33.2 Å². The number of nitrogens with zero attached hydrogens (tertiary/aromatic N) is 1. The highest BCUT2D eigenvalue weighted by Crippen LogP contribution is 2.24. The first kappa shape index (κ1) is 20.6. The molecule has 0 unspecified atom stereocenters. The first-order valence-corrected chi connectivity index (χ1v) is 9.92. The molecule has 0 aromatic carbocycles. The minimum Gasteiger partial charge on any atom is -0.481 e. The fourth-order valence-electron chi connectivity index (χ4n) is 1.93. The van der Waals surface area contributed by atoms with Crippen molar-refractivity contribution in [1.82, 2.24) is 9.62 Å². The van der Waals surface area contributed by atoms with E-state index in [0.717, 1.165) is 20.5 Å². The molecule has 0 atom stereocenters. The van der Waals surface area contributed by atoms with Gasteiger partial charge in [-0.3, -0.25) is 9.59 Å². The van der Waals surface area contributed by atoms with Crippen molar-refractivity contribution < 1.29 is 23.1 Å². The SMILES string of the molecule is CC(C)CC(=O)NCCc1ccc(S(=O)(=O)N(C)CCC(=O)O)s1. The van der Waals surface area contributed by atoms with Gasteiger partial charge in [-0.1, -0.05) is 13.8 Å². The van der Waals surface area contributed by atoms with Crippen LogP contribution in [0.1, 0.15) is 31.6 Å². The van der Waals surface area contributed by atoms with Crippen LogP contribution in [0.3, 0.4) is 0 Å². The van der Waals surface area contributed by atoms with Crippen molar-refractivity contribution in [3.63, 3.8) is 0 Å². The van der Waals surface area contributed by atoms with Crippen molar-refractivity contribution in [3.8, 4) is 0 Å². The summed E-state index contributed by atoms with van der Waals surface area (Å²) in [5.41, 5.74) is 0. The van der Waals surface area contributed by atoms with Crippen LogP contribution < -0.4 is 5.32 Å². The Balaban J connectivity index is 2.58. The van der Waals surface area contributed by atoms with Gasteiger partial charge in [-0.05, 0) is 24.5 Å². The van der Waals surface area contributed by atoms with E-state index in [1.165, 1.54) is 13.1 Å². The van der Waals surface area contributed by atoms with E-state index in [1.807, 2.05) is 13.8 Å². The molecule has 136 valence electrons. The number of nitrogens with one attached hydrogen (secondary N) is 1. The van der Waals surface area contributed by atoms with E-state index in [9.17, 15) is 18.0 Å². The monoisotopic (exact) mass is 376 g/mol. The van der Waals surface area contributed by atoms with Crippen molar-refractivity contribution in [2.24, 2.45) is 5.92 Å². The molecule has 0 saturated carbocycles. The summed E-state index contributed by atoms with van der Waals surface area (Å²) >= 11 is 1.14. The molecule has 1 heterocycles. The van der Waals surface area contributed by atoms with Crippen LogP contribution in [-0.4, -0.2) is 49.8 Å². The van der Waals surface area contributed by atoms with Gasteiger partial charge in [-0.25, -0.2) is 8.42 Å². The number of carboxylic acids is 1. The average Bonchev–Trinajstić information content (AvgIpc) is 2.93. The lowest BCUT2D eigenvalue weighted by atomic mass is 10.1. The number of carbonyl (C=O) groups is 2. The third-order valence-electron chi connectivity index (χ3n) is 3.23. The molecular weight excluding hydrogens is 352 g/mol. The number of amides is 1. The lowest BCUT2D eigenvalue weighted by molar-refractivity contribution is -0.137. The number of hydrogen-bond acceptors (Lipinski definition) is 5. The molecule has 7 nitrogen and oxygen atoms in total. The molecule has 24 heavy (non-hydrogen) atoms. The molecule has 0 aliphatic heterocycles. The predicted octanol–water partition coefficient (Wildman–Crippen LogP) is 1.55. The van der Waals surface area contributed by atoms with Gasteiger partial charge in [0, 0.05) is 31.4 Å². The molecule has 1 rings (SSSR count). The first-order chi connectivity index (χ1) is 11.1. The molecule has 1 aromatic heterocycles. The number of rotatable bonds is 10. The maximum absolute atomic E-state index is 12.3. The molecule has 0 aliphatic carbocycles. The van der Waals surface area contributed by atoms with Crippen LogP contribution >= 0.6 is 11.3 Å². The summed E-state index contributed by atoms with van der Waals surface area (Å²) < 4.78 is 25.9. The highest BCUT2D eigenvalue weighted by molar-refractivity contribution is 7.91.